The highest BCUT2D eigenvalue weighted by Crippen LogP contribution is 2.16. The van der Waals surface area contributed by atoms with Crippen LogP contribution in [0.15, 0.2) is 48.5 Å². The van der Waals surface area contributed by atoms with Crippen LogP contribution in [0.3, 0.4) is 0 Å². The molecule has 0 unspecified atom stereocenters. The molecule has 0 atom stereocenters. The minimum absolute atomic E-state index is 0.0438. The van der Waals surface area contributed by atoms with Gasteiger partial charge in [0.1, 0.15) is 5.82 Å². The smallest absolute Gasteiger partial charge is 0.251 e. The number of aromatic nitrogens is 2. The summed E-state index contributed by atoms with van der Waals surface area (Å²) in [5, 5.41) is 2.99. The quantitative estimate of drug-likeness (QED) is 0.721. The molecule has 5 nitrogen and oxygen atoms in total. The van der Waals surface area contributed by atoms with E-state index in [4.69, 9.17) is 9.72 Å². The number of ether oxygens (including phenoxy) is 1. The Bertz CT molecular complexity index is 870. The molecule has 1 heterocycles. The van der Waals surface area contributed by atoms with E-state index in [0.29, 0.717) is 19.6 Å². The van der Waals surface area contributed by atoms with Gasteiger partial charge in [0.05, 0.1) is 17.6 Å². The van der Waals surface area contributed by atoms with E-state index < -0.39 is 0 Å². The van der Waals surface area contributed by atoms with E-state index in [1.165, 1.54) is 0 Å². The average molecular weight is 337 g/mol. The third kappa shape index (κ3) is 3.88. The Morgan fingerprint density at radius 3 is 2.72 bits per heavy atom. The minimum Gasteiger partial charge on any atom is -0.383 e. The summed E-state index contributed by atoms with van der Waals surface area (Å²) in [5.41, 5.74) is 3.77. The van der Waals surface area contributed by atoms with Crippen molar-refractivity contribution in [2.24, 2.45) is 0 Å². The minimum atomic E-state index is -0.0438. The van der Waals surface area contributed by atoms with Crippen molar-refractivity contribution in [2.75, 3.05) is 20.3 Å². The van der Waals surface area contributed by atoms with Crippen LogP contribution in [0, 0.1) is 6.92 Å². The lowest BCUT2D eigenvalue weighted by atomic mass is 10.1. The molecule has 1 aromatic heterocycles. The van der Waals surface area contributed by atoms with Crippen LogP contribution in [0.5, 0.6) is 0 Å². The number of imidazole rings is 1. The number of nitrogens with zero attached hydrogens (tertiary/aromatic N) is 2. The molecule has 0 radical (unpaired) electrons. The van der Waals surface area contributed by atoms with Gasteiger partial charge in [-0.3, -0.25) is 4.79 Å². The summed E-state index contributed by atoms with van der Waals surface area (Å²) in [7, 11) is 1.70. The second-order valence-corrected chi connectivity index (χ2v) is 5.98. The Kier molecular flexibility index (Phi) is 5.46. The molecule has 3 rings (SSSR count). The normalized spacial score (nSPS) is 11.0. The van der Waals surface area contributed by atoms with E-state index in [-0.39, 0.29) is 5.91 Å². The van der Waals surface area contributed by atoms with Crippen molar-refractivity contribution in [1.82, 2.24) is 14.9 Å². The first-order valence-electron chi connectivity index (χ1n) is 8.47. The number of aryl methyl sites for hydroxylation is 1. The van der Waals surface area contributed by atoms with Crippen LogP contribution in [0.1, 0.15) is 21.7 Å². The standard InChI is InChI=1S/C20H23N3O2/c1-15-7-3-4-8-16(15)20(24)21-12-11-19-22-17-9-5-6-10-18(17)23(19)13-14-25-2/h3-10H,11-14H2,1-2H3,(H,21,24). The van der Waals surface area contributed by atoms with Gasteiger partial charge in [-0.1, -0.05) is 30.3 Å². The fourth-order valence-corrected chi connectivity index (χ4v) is 2.96. The van der Waals surface area contributed by atoms with Crippen LogP contribution in [0.4, 0.5) is 0 Å². The van der Waals surface area contributed by atoms with Gasteiger partial charge in [0.25, 0.3) is 5.91 Å². The molecule has 25 heavy (non-hydrogen) atoms. The van der Waals surface area contributed by atoms with Crippen LogP contribution in [-0.4, -0.2) is 35.7 Å². The molecule has 0 aliphatic rings. The van der Waals surface area contributed by atoms with E-state index >= 15 is 0 Å². The van der Waals surface area contributed by atoms with Gasteiger partial charge in [-0.25, -0.2) is 4.98 Å². The molecule has 1 amide bonds. The highest BCUT2D eigenvalue weighted by atomic mass is 16.5. The number of hydrogen-bond donors (Lipinski definition) is 1. The molecule has 0 bridgehead atoms. The molecule has 0 aliphatic heterocycles. The number of amides is 1. The van der Waals surface area contributed by atoms with Gasteiger partial charge in [0, 0.05) is 32.2 Å². The summed E-state index contributed by atoms with van der Waals surface area (Å²) in [6, 6.07) is 15.7. The van der Waals surface area contributed by atoms with Crippen molar-refractivity contribution < 1.29 is 9.53 Å². The molecule has 0 fully saturated rings. The van der Waals surface area contributed by atoms with Gasteiger partial charge in [-0.15, -0.1) is 0 Å². The van der Waals surface area contributed by atoms with Crippen LogP contribution in [0.25, 0.3) is 11.0 Å². The number of carbonyl (C=O) groups is 1. The van der Waals surface area contributed by atoms with E-state index in [9.17, 15) is 4.79 Å². The van der Waals surface area contributed by atoms with Crippen LogP contribution in [-0.2, 0) is 17.7 Å². The number of rotatable bonds is 7. The molecule has 1 N–H and O–H groups in total. The molecule has 5 heteroatoms. The lowest BCUT2D eigenvalue weighted by Gasteiger charge is -2.10. The maximum absolute atomic E-state index is 12.3. The zero-order chi connectivity index (χ0) is 17.6. The first kappa shape index (κ1) is 17.2. The van der Waals surface area contributed by atoms with Crippen molar-refractivity contribution >= 4 is 16.9 Å². The van der Waals surface area contributed by atoms with Gasteiger partial charge < -0.3 is 14.6 Å². The number of methoxy groups -OCH3 is 1. The predicted molar refractivity (Wildman–Crippen MR) is 98.8 cm³/mol. The van der Waals surface area contributed by atoms with Crippen molar-refractivity contribution in [2.45, 2.75) is 19.9 Å². The van der Waals surface area contributed by atoms with Crippen molar-refractivity contribution in [1.29, 1.82) is 0 Å². The fraction of sp³-hybridized carbons (Fsp3) is 0.300. The first-order valence-corrected chi connectivity index (χ1v) is 8.47. The summed E-state index contributed by atoms with van der Waals surface area (Å²) >= 11 is 0. The summed E-state index contributed by atoms with van der Waals surface area (Å²) in [6.07, 6.45) is 0.677. The maximum Gasteiger partial charge on any atom is 0.251 e. The number of fused-ring (bicyclic) bond motifs is 1. The molecule has 2 aromatic carbocycles. The average Bonchev–Trinajstić information content (AvgIpc) is 2.97. The molecular weight excluding hydrogens is 314 g/mol. The van der Waals surface area contributed by atoms with Crippen molar-refractivity contribution in [3.63, 3.8) is 0 Å². The van der Waals surface area contributed by atoms with Gasteiger partial charge >= 0.3 is 0 Å². The lowest BCUT2D eigenvalue weighted by Crippen LogP contribution is -2.27. The molecule has 3 aromatic rings. The van der Waals surface area contributed by atoms with E-state index in [1.54, 1.807) is 7.11 Å². The van der Waals surface area contributed by atoms with Crippen molar-refractivity contribution in [3.8, 4) is 0 Å². The molecule has 0 aliphatic carbocycles. The Balaban J connectivity index is 1.70. The lowest BCUT2D eigenvalue weighted by molar-refractivity contribution is 0.0953. The molecular formula is C20H23N3O2. The van der Waals surface area contributed by atoms with Crippen LogP contribution >= 0.6 is 0 Å². The zero-order valence-corrected chi connectivity index (χ0v) is 14.7. The highest BCUT2D eigenvalue weighted by molar-refractivity contribution is 5.95. The summed E-state index contributed by atoms with van der Waals surface area (Å²) in [5.74, 6) is 0.918. The highest BCUT2D eigenvalue weighted by Gasteiger charge is 2.12. The number of nitrogens with one attached hydrogen (secondary N) is 1. The predicted octanol–water partition coefficient (Wildman–Crippen LogP) is 2.96. The number of hydrogen-bond acceptors (Lipinski definition) is 3. The van der Waals surface area contributed by atoms with Crippen molar-refractivity contribution in [3.05, 3.63) is 65.5 Å². The second kappa shape index (κ2) is 7.94. The topological polar surface area (TPSA) is 56.1 Å². The number of para-hydroxylation sites is 2. The van der Waals surface area contributed by atoms with Gasteiger partial charge in [0.15, 0.2) is 0 Å². The Morgan fingerprint density at radius 2 is 1.92 bits per heavy atom. The van der Waals surface area contributed by atoms with E-state index in [1.807, 2.05) is 49.4 Å². The fourth-order valence-electron chi connectivity index (χ4n) is 2.96. The van der Waals surface area contributed by atoms with Gasteiger partial charge in [-0.05, 0) is 30.7 Å². The van der Waals surface area contributed by atoms with Gasteiger partial charge in [0.2, 0.25) is 0 Å². The Hall–Kier alpha value is -2.66. The van der Waals surface area contributed by atoms with Gasteiger partial charge in [-0.2, -0.15) is 0 Å². The SMILES string of the molecule is COCCn1c(CCNC(=O)c2ccccc2C)nc2ccccc21. The third-order valence-electron chi connectivity index (χ3n) is 4.28. The number of carbonyl (C=O) groups excluding carboxylic acids is 1. The third-order valence-corrected chi connectivity index (χ3v) is 4.28. The summed E-state index contributed by atoms with van der Waals surface area (Å²) in [4.78, 5) is 17.0. The van der Waals surface area contributed by atoms with E-state index in [0.717, 1.165) is 34.5 Å². The maximum atomic E-state index is 12.3. The van der Waals surface area contributed by atoms with Crippen LogP contribution < -0.4 is 5.32 Å². The molecule has 130 valence electrons. The Labute approximate surface area is 147 Å². The number of benzene rings is 2. The first-order chi connectivity index (χ1) is 12.2. The van der Waals surface area contributed by atoms with E-state index in [2.05, 4.69) is 16.0 Å². The zero-order valence-electron chi connectivity index (χ0n) is 14.7. The molecule has 0 spiro atoms. The van der Waals surface area contributed by atoms with Crippen LogP contribution in [0.2, 0.25) is 0 Å². The Morgan fingerprint density at radius 1 is 1.16 bits per heavy atom. The summed E-state index contributed by atoms with van der Waals surface area (Å²) in [6.45, 7) is 3.86. The monoisotopic (exact) mass is 337 g/mol. The largest absolute Gasteiger partial charge is 0.383 e. The molecule has 0 saturated carbocycles. The second-order valence-electron chi connectivity index (χ2n) is 5.98. The summed E-state index contributed by atoms with van der Waals surface area (Å²) < 4.78 is 7.38. The molecule has 0 saturated heterocycles.